The van der Waals surface area contributed by atoms with E-state index in [9.17, 15) is 14.0 Å². The van der Waals surface area contributed by atoms with Crippen LogP contribution in [0.25, 0.3) is 0 Å². The number of carbonyl (C=O) groups excluding carboxylic acids is 2. The molecule has 0 saturated carbocycles. The number of nitrogens with zero attached hydrogens (tertiary/aromatic N) is 2. The highest BCUT2D eigenvalue weighted by atomic mass is 32.2. The predicted molar refractivity (Wildman–Crippen MR) is 104 cm³/mol. The molecule has 1 atom stereocenters. The largest absolute Gasteiger partial charge is 0.497 e. The zero-order valence-corrected chi connectivity index (χ0v) is 15.6. The minimum Gasteiger partial charge on any atom is -0.497 e. The summed E-state index contributed by atoms with van der Waals surface area (Å²) in [7, 11) is 3.19. The molecule has 2 amide bonds. The van der Waals surface area contributed by atoms with Crippen LogP contribution in [-0.4, -0.2) is 41.3 Å². The van der Waals surface area contributed by atoms with Crippen molar-refractivity contribution in [1.29, 1.82) is 0 Å². The fourth-order valence-electron chi connectivity index (χ4n) is 2.44. The molecule has 1 N–H and O–H groups in total. The van der Waals surface area contributed by atoms with E-state index in [1.165, 1.54) is 40.9 Å². The smallest absolute Gasteiger partial charge is 0.238 e. The number of rotatable bonds is 4. The quantitative estimate of drug-likeness (QED) is 0.873. The first-order chi connectivity index (χ1) is 13.0. The number of amides is 2. The van der Waals surface area contributed by atoms with E-state index >= 15 is 0 Å². The fourth-order valence-corrected chi connectivity index (χ4v) is 3.51. The van der Waals surface area contributed by atoms with Gasteiger partial charge in [0.2, 0.25) is 11.8 Å². The van der Waals surface area contributed by atoms with Crippen molar-refractivity contribution in [3.63, 3.8) is 0 Å². The topological polar surface area (TPSA) is 71.0 Å². The van der Waals surface area contributed by atoms with Crippen LogP contribution in [0.4, 0.5) is 15.8 Å². The van der Waals surface area contributed by atoms with Crippen LogP contribution in [0.5, 0.6) is 5.75 Å². The SMILES string of the molecule is COc1cccc(N=C2S[C@H](C(=O)Nc3ccc(F)cc3)CC(=O)N2C)c1. The molecule has 0 bridgehead atoms. The molecule has 2 aromatic carbocycles. The second kappa shape index (κ2) is 8.22. The van der Waals surface area contributed by atoms with Gasteiger partial charge in [0.1, 0.15) is 16.8 Å². The first-order valence-electron chi connectivity index (χ1n) is 8.18. The lowest BCUT2D eigenvalue weighted by atomic mass is 10.2. The molecular formula is C19H18FN3O3S. The number of nitrogens with one attached hydrogen (secondary N) is 1. The number of halogens is 1. The number of methoxy groups -OCH3 is 1. The highest BCUT2D eigenvalue weighted by Crippen LogP contribution is 2.30. The monoisotopic (exact) mass is 387 g/mol. The van der Waals surface area contributed by atoms with Crippen LogP contribution in [0.15, 0.2) is 53.5 Å². The number of anilines is 1. The summed E-state index contributed by atoms with van der Waals surface area (Å²) < 4.78 is 18.2. The Morgan fingerprint density at radius 1 is 1.30 bits per heavy atom. The summed E-state index contributed by atoms with van der Waals surface area (Å²) >= 11 is 1.21. The molecule has 1 saturated heterocycles. The van der Waals surface area contributed by atoms with Crippen LogP contribution >= 0.6 is 11.8 Å². The molecular weight excluding hydrogens is 369 g/mol. The van der Waals surface area contributed by atoms with Gasteiger partial charge >= 0.3 is 0 Å². The lowest BCUT2D eigenvalue weighted by molar-refractivity contribution is -0.128. The Hall–Kier alpha value is -2.87. The lowest BCUT2D eigenvalue weighted by Crippen LogP contribution is -2.43. The normalized spacial score (nSPS) is 18.5. The van der Waals surface area contributed by atoms with Gasteiger partial charge in [0.15, 0.2) is 5.17 Å². The van der Waals surface area contributed by atoms with Crippen LogP contribution in [0.3, 0.4) is 0 Å². The minimum atomic E-state index is -0.622. The second-order valence-corrected chi connectivity index (χ2v) is 7.03. The van der Waals surface area contributed by atoms with Gasteiger partial charge in [-0.15, -0.1) is 0 Å². The molecule has 0 aliphatic carbocycles. The summed E-state index contributed by atoms with van der Waals surface area (Å²) in [6.07, 6.45) is 0.0608. The van der Waals surface area contributed by atoms with Crippen LogP contribution in [0.1, 0.15) is 6.42 Å². The van der Waals surface area contributed by atoms with Crippen LogP contribution in [0.2, 0.25) is 0 Å². The van der Waals surface area contributed by atoms with Gasteiger partial charge in [-0.3, -0.25) is 14.5 Å². The van der Waals surface area contributed by atoms with Crippen molar-refractivity contribution in [2.45, 2.75) is 11.7 Å². The van der Waals surface area contributed by atoms with Gasteiger partial charge in [0.05, 0.1) is 12.8 Å². The van der Waals surface area contributed by atoms with Crippen molar-refractivity contribution in [2.24, 2.45) is 4.99 Å². The third kappa shape index (κ3) is 4.65. The number of hydrogen-bond donors (Lipinski definition) is 1. The van der Waals surface area contributed by atoms with Crippen LogP contribution in [0, 0.1) is 5.82 Å². The maximum absolute atomic E-state index is 13.0. The molecule has 3 rings (SSSR count). The Morgan fingerprint density at radius 2 is 2.04 bits per heavy atom. The minimum absolute atomic E-state index is 0.0608. The Morgan fingerprint density at radius 3 is 2.74 bits per heavy atom. The Bertz CT molecular complexity index is 886. The Balaban J connectivity index is 1.77. The highest BCUT2D eigenvalue weighted by Gasteiger charge is 2.34. The maximum atomic E-state index is 13.0. The van der Waals surface area contributed by atoms with E-state index in [1.54, 1.807) is 38.4 Å². The predicted octanol–water partition coefficient (Wildman–Crippen LogP) is 3.42. The van der Waals surface area contributed by atoms with Crippen molar-refractivity contribution in [2.75, 3.05) is 19.5 Å². The van der Waals surface area contributed by atoms with Gasteiger partial charge < -0.3 is 10.1 Å². The third-order valence-corrected chi connectivity index (χ3v) is 5.19. The summed E-state index contributed by atoms with van der Waals surface area (Å²) in [5, 5.41) is 2.51. The molecule has 0 spiro atoms. The number of thioether (sulfide) groups is 1. The van der Waals surface area contributed by atoms with E-state index in [2.05, 4.69) is 10.3 Å². The second-order valence-electron chi connectivity index (χ2n) is 5.86. The molecule has 2 aromatic rings. The van der Waals surface area contributed by atoms with Gasteiger partial charge in [-0.2, -0.15) is 0 Å². The molecule has 8 heteroatoms. The summed E-state index contributed by atoms with van der Waals surface area (Å²) in [6, 6.07) is 12.6. The summed E-state index contributed by atoms with van der Waals surface area (Å²) in [5.74, 6) is -0.261. The number of benzene rings is 2. The van der Waals surface area contributed by atoms with Crippen molar-refractivity contribution >= 4 is 40.1 Å². The molecule has 0 aromatic heterocycles. The van der Waals surface area contributed by atoms with Gasteiger partial charge in [-0.25, -0.2) is 9.38 Å². The molecule has 1 aliphatic heterocycles. The first kappa shape index (κ1) is 18.9. The van der Waals surface area contributed by atoms with E-state index in [0.717, 1.165) is 0 Å². The zero-order valence-electron chi connectivity index (χ0n) is 14.8. The molecule has 27 heavy (non-hydrogen) atoms. The average Bonchev–Trinajstić information content (AvgIpc) is 2.67. The first-order valence-corrected chi connectivity index (χ1v) is 9.06. The number of carbonyl (C=O) groups is 2. The van der Waals surface area contributed by atoms with Crippen molar-refractivity contribution in [3.8, 4) is 5.75 Å². The highest BCUT2D eigenvalue weighted by molar-refractivity contribution is 8.15. The van der Waals surface area contributed by atoms with E-state index in [1.807, 2.05) is 0 Å². The third-order valence-electron chi connectivity index (χ3n) is 3.95. The van der Waals surface area contributed by atoms with Crippen LogP contribution < -0.4 is 10.1 Å². The molecule has 6 nitrogen and oxygen atoms in total. The molecule has 1 aliphatic rings. The number of hydrogen-bond acceptors (Lipinski definition) is 5. The lowest BCUT2D eigenvalue weighted by Gasteiger charge is -2.28. The standard InChI is InChI=1S/C19H18FN3O3S/c1-23-17(24)11-16(18(25)21-13-8-6-12(20)7-9-13)27-19(23)22-14-4-3-5-15(10-14)26-2/h3-10,16H,11H2,1-2H3,(H,21,25)/t16-/m0/s1. The summed E-state index contributed by atoms with van der Waals surface area (Å²) in [5.41, 5.74) is 1.09. The fraction of sp³-hybridized carbons (Fsp3) is 0.211. The number of amidine groups is 1. The Kier molecular flexibility index (Phi) is 5.75. The maximum Gasteiger partial charge on any atom is 0.238 e. The molecule has 1 heterocycles. The van der Waals surface area contributed by atoms with E-state index < -0.39 is 5.25 Å². The number of aliphatic imine (C=N–C) groups is 1. The van der Waals surface area contributed by atoms with Crippen molar-refractivity contribution < 1.29 is 18.7 Å². The van der Waals surface area contributed by atoms with Gasteiger partial charge in [-0.1, -0.05) is 17.8 Å². The van der Waals surface area contributed by atoms with E-state index in [4.69, 9.17) is 4.74 Å². The molecule has 0 radical (unpaired) electrons. The molecule has 1 fully saturated rings. The van der Waals surface area contributed by atoms with E-state index in [0.29, 0.717) is 22.3 Å². The summed E-state index contributed by atoms with van der Waals surface area (Å²) in [4.78, 5) is 30.8. The molecule has 0 unspecified atom stereocenters. The molecule has 140 valence electrons. The van der Waals surface area contributed by atoms with Crippen LogP contribution in [-0.2, 0) is 9.59 Å². The van der Waals surface area contributed by atoms with Gasteiger partial charge in [0, 0.05) is 25.2 Å². The van der Waals surface area contributed by atoms with Gasteiger partial charge in [-0.05, 0) is 36.4 Å². The number of ether oxygens (including phenoxy) is 1. The van der Waals surface area contributed by atoms with Crippen molar-refractivity contribution in [3.05, 3.63) is 54.3 Å². The van der Waals surface area contributed by atoms with E-state index in [-0.39, 0.29) is 24.1 Å². The zero-order chi connectivity index (χ0) is 19.4. The van der Waals surface area contributed by atoms with Crippen molar-refractivity contribution in [1.82, 2.24) is 4.90 Å². The Labute approximate surface area is 160 Å². The van der Waals surface area contributed by atoms with Gasteiger partial charge in [0.25, 0.3) is 0 Å². The average molecular weight is 387 g/mol. The summed E-state index contributed by atoms with van der Waals surface area (Å²) in [6.45, 7) is 0.